The molecule has 0 amide bonds. The number of nitrogens with one attached hydrogen (secondary N) is 2. The molecule has 0 radical (unpaired) electrons. The minimum absolute atomic E-state index is 0.0400. The number of H-pyrrole nitrogens is 1. The van der Waals surface area contributed by atoms with Crippen LogP contribution in [0.15, 0.2) is 35.3 Å². The lowest BCUT2D eigenvalue weighted by molar-refractivity contribution is -0.135. The van der Waals surface area contributed by atoms with E-state index >= 15 is 0 Å². The first-order chi connectivity index (χ1) is 27.6. The monoisotopic (exact) mass is 842 g/mol. The zero-order valence-electron chi connectivity index (χ0n) is 32.5. The Labute approximate surface area is 336 Å². The molecule has 1 saturated heterocycles. The predicted octanol–water partition coefficient (Wildman–Crippen LogP) is 7.92. The first kappa shape index (κ1) is 48.7. The van der Waals surface area contributed by atoms with E-state index in [9.17, 15) is 47.8 Å². The van der Waals surface area contributed by atoms with Crippen LogP contribution in [0.4, 0.5) is 17.6 Å². The summed E-state index contributed by atoms with van der Waals surface area (Å²) in [5.41, 5.74) is 4.46. The standard InChI is InChI=1S/C39H55F4N6O8P/c40-30-20-28(22-44)19-29(21-30)23-54-31(15-13-11-9-7-5-3-1-2-4-6-8-10-12-14-18-39(41,42)43)24-55-58(52,53)56-26-38(25-45)36(51)34(50)35(57-38)32-16-17-33(49-32)37(47)48-27-46/h16-17,19-21,27,31,34-36,49-51H,1-15,18,23-24,26H2,(H,52,53)(H3,46,47,48)/t31-,34-,35-,36-,38+/m0/s1. The number of aliphatic hydroxyl groups excluding tert-OH is 2. The number of aliphatic imine (C=N–C) groups is 1. The molecule has 1 aromatic carbocycles. The third-order valence-corrected chi connectivity index (χ3v) is 10.7. The molecule has 0 saturated carbocycles. The lowest BCUT2D eigenvalue weighted by Crippen LogP contribution is -2.45. The quantitative estimate of drug-likeness (QED) is 0.0158. The smallest absolute Gasteiger partial charge is 0.387 e. The average Bonchev–Trinajstić information content (AvgIpc) is 3.77. The topological polar surface area (TPSA) is 240 Å². The lowest BCUT2D eigenvalue weighted by atomic mass is 9.96. The molecule has 2 heterocycles. The number of rotatable bonds is 28. The Morgan fingerprint density at radius 1 is 1.00 bits per heavy atom. The molecule has 1 fully saturated rings. The molecule has 1 aliphatic heterocycles. The van der Waals surface area contributed by atoms with Gasteiger partial charge < -0.3 is 35.3 Å². The number of halogens is 4. The highest BCUT2D eigenvalue weighted by Crippen LogP contribution is 2.47. The second-order valence-corrected chi connectivity index (χ2v) is 15.9. The number of nitrogens with zero attached hydrogens (tertiary/aromatic N) is 3. The highest BCUT2D eigenvalue weighted by Gasteiger charge is 2.56. The van der Waals surface area contributed by atoms with Gasteiger partial charge in [0.25, 0.3) is 0 Å². The molecule has 0 spiro atoms. The third kappa shape index (κ3) is 16.9. The molecule has 0 aliphatic carbocycles. The van der Waals surface area contributed by atoms with Crippen LogP contribution >= 0.6 is 7.82 Å². The van der Waals surface area contributed by atoms with E-state index < -0.39 is 69.5 Å². The number of unbranched alkanes of at least 4 members (excludes halogenated alkanes) is 13. The minimum atomic E-state index is -4.91. The molecule has 19 heteroatoms. The molecule has 3 rings (SSSR count). The van der Waals surface area contributed by atoms with Gasteiger partial charge in [-0.3, -0.25) is 14.5 Å². The molecule has 2 aromatic rings. The van der Waals surface area contributed by atoms with Gasteiger partial charge in [-0.2, -0.15) is 23.7 Å². The van der Waals surface area contributed by atoms with Gasteiger partial charge in [0.1, 0.15) is 49.0 Å². The van der Waals surface area contributed by atoms with Crippen molar-refractivity contribution in [3.8, 4) is 12.1 Å². The van der Waals surface area contributed by atoms with Crippen molar-refractivity contribution >= 4 is 20.0 Å². The molecule has 14 nitrogen and oxygen atoms in total. The first-order valence-corrected chi connectivity index (χ1v) is 21.1. The number of aliphatic hydroxyl groups is 2. The Kier molecular flexibility index (Phi) is 20.5. The van der Waals surface area contributed by atoms with E-state index in [1.807, 2.05) is 6.07 Å². The summed E-state index contributed by atoms with van der Waals surface area (Å²) in [5.74, 6) is -0.661. The maximum Gasteiger partial charge on any atom is 0.472 e. The van der Waals surface area contributed by atoms with E-state index in [0.717, 1.165) is 83.0 Å². The predicted molar refractivity (Wildman–Crippen MR) is 206 cm³/mol. The zero-order chi connectivity index (χ0) is 42.6. The van der Waals surface area contributed by atoms with Gasteiger partial charge in [0, 0.05) is 12.1 Å². The van der Waals surface area contributed by atoms with E-state index in [4.69, 9.17) is 29.7 Å². The third-order valence-electron chi connectivity index (χ3n) is 9.81. The fourth-order valence-corrected chi connectivity index (χ4v) is 7.39. The van der Waals surface area contributed by atoms with Gasteiger partial charge in [-0.05, 0) is 48.7 Å². The van der Waals surface area contributed by atoms with Crippen molar-refractivity contribution in [3.63, 3.8) is 0 Å². The van der Waals surface area contributed by atoms with Gasteiger partial charge in [0.2, 0.25) is 5.60 Å². The SMILES string of the molecule is N#Cc1cc(F)cc(CO[C@@H](CCCCCCCCCCCCCCCCC(F)(F)F)COP(=O)(O)OC[C@@]2(C#N)O[C@@H](c3ccc(C(N)=NC=N)[nH]3)[C@H](O)[C@@H]2O)c1. The van der Waals surface area contributed by atoms with Crippen LogP contribution in [0.2, 0.25) is 0 Å². The molecule has 6 atom stereocenters. The Morgan fingerprint density at radius 2 is 1.60 bits per heavy atom. The van der Waals surface area contributed by atoms with Crippen molar-refractivity contribution in [1.82, 2.24) is 4.98 Å². The van der Waals surface area contributed by atoms with Crippen LogP contribution in [-0.4, -0.2) is 75.6 Å². The van der Waals surface area contributed by atoms with Crippen molar-refractivity contribution in [2.45, 2.75) is 146 Å². The Bertz CT molecular complexity index is 1730. The van der Waals surface area contributed by atoms with Gasteiger partial charge >= 0.3 is 14.0 Å². The number of aromatic amines is 1. The molecule has 322 valence electrons. The van der Waals surface area contributed by atoms with E-state index in [0.29, 0.717) is 24.8 Å². The van der Waals surface area contributed by atoms with Crippen LogP contribution in [0.1, 0.15) is 131 Å². The number of nitriles is 2. The van der Waals surface area contributed by atoms with E-state index in [2.05, 4.69) is 9.98 Å². The van der Waals surface area contributed by atoms with Crippen LogP contribution in [0.5, 0.6) is 0 Å². The van der Waals surface area contributed by atoms with Crippen LogP contribution in [0.3, 0.4) is 0 Å². The second-order valence-electron chi connectivity index (χ2n) is 14.5. The summed E-state index contributed by atoms with van der Waals surface area (Å²) < 4.78 is 85.7. The number of amidine groups is 1. The Balaban J connectivity index is 1.45. The zero-order valence-corrected chi connectivity index (χ0v) is 33.4. The maximum absolute atomic E-state index is 14.1. The molecule has 58 heavy (non-hydrogen) atoms. The van der Waals surface area contributed by atoms with Gasteiger partial charge in [0.15, 0.2) is 0 Å². The largest absolute Gasteiger partial charge is 0.472 e. The summed E-state index contributed by atoms with van der Waals surface area (Å²) in [4.78, 5) is 17.1. The lowest BCUT2D eigenvalue weighted by Gasteiger charge is -2.26. The molecular formula is C39H55F4N6O8P. The number of hydrogen-bond acceptors (Lipinski definition) is 10. The van der Waals surface area contributed by atoms with Crippen molar-refractivity contribution in [1.29, 1.82) is 15.9 Å². The fourth-order valence-electron chi connectivity index (χ4n) is 6.60. The van der Waals surface area contributed by atoms with E-state index in [-0.39, 0.29) is 35.8 Å². The summed E-state index contributed by atoms with van der Waals surface area (Å²) in [7, 11) is -4.91. The molecular weight excluding hydrogens is 787 g/mol. The van der Waals surface area contributed by atoms with E-state index in [1.165, 1.54) is 24.3 Å². The van der Waals surface area contributed by atoms with Gasteiger partial charge in [-0.15, -0.1) is 0 Å². The minimum Gasteiger partial charge on any atom is -0.387 e. The maximum atomic E-state index is 14.1. The average molecular weight is 843 g/mol. The highest BCUT2D eigenvalue weighted by atomic mass is 31.2. The van der Waals surface area contributed by atoms with Crippen molar-refractivity contribution in [2.75, 3.05) is 13.2 Å². The molecule has 1 aromatic heterocycles. The van der Waals surface area contributed by atoms with Crippen molar-refractivity contribution < 1.29 is 55.8 Å². The molecule has 0 bridgehead atoms. The van der Waals surface area contributed by atoms with Crippen LogP contribution in [0.25, 0.3) is 0 Å². The number of phosphoric ester groups is 1. The van der Waals surface area contributed by atoms with Crippen LogP contribution in [0, 0.1) is 33.9 Å². The summed E-state index contributed by atoms with van der Waals surface area (Å²) in [6, 6.07) is 10.3. The summed E-state index contributed by atoms with van der Waals surface area (Å²) in [5, 5.41) is 47.8. The van der Waals surface area contributed by atoms with Gasteiger partial charge in [-0.25, -0.2) is 13.9 Å². The molecule has 1 unspecified atom stereocenters. The van der Waals surface area contributed by atoms with Gasteiger partial charge in [-0.1, -0.05) is 83.5 Å². The van der Waals surface area contributed by atoms with Crippen LogP contribution < -0.4 is 5.73 Å². The second kappa shape index (κ2) is 24.4. The Hall–Kier alpha value is -3.71. The normalized spacial score (nSPS) is 21.3. The number of phosphoric acid groups is 1. The Morgan fingerprint density at radius 3 is 2.17 bits per heavy atom. The fraction of sp³-hybridized carbons (Fsp3) is 0.641. The van der Waals surface area contributed by atoms with E-state index in [1.54, 1.807) is 6.07 Å². The molecule has 1 aliphatic rings. The molecule has 7 N–H and O–H groups in total. The highest BCUT2D eigenvalue weighted by molar-refractivity contribution is 7.47. The first-order valence-electron chi connectivity index (χ1n) is 19.6. The van der Waals surface area contributed by atoms with Crippen molar-refractivity contribution in [2.24, 2.45) is 10.7 Å². The number of aromatic nitrogens is 1. The van der Waals surface area contributed by atoms with Gasteiger partial charge in [0.05, 0.1) is 36.6 Å². The number of nitrogens with two attached hydrogens (primary N) is 1. The summed E-state index contributed by atoms with van der Waals surface area (Å²) in [6.45, 7) is -1.51. The number of benzene rings is 1. The number of alkyl halides is 3. The number of hydrogen-bond donors (Lipinski definition) is 6. The summed E-state index contributed by atoms with van der Waals surface area (Å²) >= 11 is 0. The number of ether oxygens (including phenoxy) is 2. The summed E-state index contributed by atoms with van der Waals surface area (Å²) in [6.07, 6.45) is 3.36. The van der Waals surface area contributed by atoms with Crippen molar-refractivity contribution in [3.05, 3.63) is 58.7 Å². The van der Waals surface area contributed by atoms with Crippen LogP contribution in [-0.2, 0) is 29.7 Å².